The highest BCUT2D eigenvalue weighted by molar-refractivity contribution is 5.98. The predicted molar refractivity (Wildman–Crippen MR) is 110 cm³/mol. The van der Waals surface area contributed by atoms with Gasteiger partial charge in [-0.05, 0) is 43.3 Å². The van der Waals surface area contributed by atoms with Gasteiger partial charge < -0.3 is 19.9 Å². The van der Waals surface area contributed by atoms with Crippen LogP contribution < -0.4 is 10.1 Å². The normalized spacial score (nSPS) is 14.5. The van der Waals surface area contributed by atoms with Crippen LogP contribution in [-0.2, 0) is 11.2 Å². The zero-order chi connectivity index (χ0) is 20.8. The minimum atomic E-state index is -0.322. The predicted octanol–water partition coefficient (Wildman–Crippen LogP) is 2.79. The summed E-state index contributed by atoms with van der Waals surface area (Å²) >= 11 is 0. The SMILES string of the molecule is COc1ccc(C(=O)N2CCN(C)CC2)cc1NC(=O)CCc1ccccc1F. The second-order valence-corrected chi connectivity index (χ2v) is 7.15. The summed E-state index contributed by atoms with van der Waals surface area (Å²) in [6.07, 6.45) is 0.418. The van der Waals surface area contributed by atoms with E-state index in [0.29, 0.717) is 42.1 Å². The summed E-state index contributed by atoms with van der Waals surface area (Å²) in [4.78, 5) is 29.2. The Labute approximate surface area is 170 Å². The van der Waals surface area contributed by atoms with Crippen molar-refractivity contribution in [2.75, 3.05) is 45.7 Å². The van der Waals surface area contributed by atoms with Crippen LogP contribution in [0, 0.1) is 5.82 Å². The number of rotatable bonds is 6. The van der Waals surface area contributed by atoms with Crippen LogP contribution in [0.25, 0.3) is 0 Å². The van der Waals surface area contributed by atoms with E-state index in [0.717, 1.165) is 13.1 Å². The Morgan fingerprint density at radius 3 is 2.52 bits per heavy atom. The van der Waals surface area contributed by atoms with Crippen molar-refractivity contribution in [1.29, 1.82) is 0 Å². The lowest BCUT2D eigenvalue weighted by molar-refractivity contribution is -0.116. The minimum Gasteiger partial charge on any atom is -0.495 e. The van der Waals surface area contributed by atoms with Crippen molar-refractivity contribution in [3.8, 4) is 5.75 Å². The second kappa shape index (κ2) is 9.52. The number of piperazine rings is 1. The van der Waals surface area contributed by atoms with Gasteiger partial charge in [-0.25, -0.2) is 4.39 Å². The van der Waals surface area contributed by atoms with E-state index in [1.54, 1.807) is 36.4 Å². The first-order valence-electron chi connectivity index (χ1n) is 9.67. The molecule has 1 saturated heterocycles. The summed E-state index contributed by atoms with van der Waals surface area (Å²) in [5.74, 6) is -0.185. The smallest absolute Gasteiger partial charge is 0.254 e. The van der Waals surface area contributed by atoms with E-state index in [1.807, 2.05) is 11.9 Å². The molecule has 0 aliphatic carbocycles. The lowest BCUT2D eigenvalue weighted by Gasteiger charge is -2.32. The van der Waals surface area contributed by atoms with E-state index in [4.69, 9.17) is 4.74 Å². The van der Waals surface area contributed by atoms with Crippen molar-refractivity contribution < 1.29 is 18.7 Å². The minimum absolute atomic E-state index is 0.0670. The fraction of sp³-hybridized carbons (Fsp3) is 0.364. The quantitative estimate of drug-likeness (QED) is 0.812. The largest absolute Gasteiger partial charge is 0.495 e. The van der Waals surface area contributed by atoms with Gasteiger partial charge in [0.25, 0.3) is 5.91 Å². The fourth-order valence-electron chi connectivity index (χ4n) is 3.29. The molecule has 2 amide bonds. The number of hydrogen-bond donors (Lipinski definition) is 1. The molecule has 0 spiro atoms. The number of carbonyl (C=O) groups excluding carboxylic acids is 2. The van der Waals surface area contributed by atoms with Gasteiger partial charge in [0.15, 0.2) is 0 Å². The highest BCUT2D eigenvalue weighted by Crippen LogP contribution is 2.26. The van der Waals surface area contributed by atoms with Crippen molar-refractivity contribution in [2.45, 2.75) is 12.8 Å². The van der Waals surface area contributed by atoms with E-state index in [-0.39, 0.29) is 24.1 Å². The summed E-state index contributed by atoms with van der Waals surface area (Å²) in [6.45, 7) is 3.01. The van der Waals surface area contributed by atoms with Gasteiger partial charge in [0, 0.05) is 38.2 Å². The highest BCUT2D eigenvalue weighted by Gasteiger charge is 2.21. The van der Waals surface area contributed by atoms with Crippen LogP contribution in [0.15, 0.2) is 42.5 Å². The molecule has 0 unspecified atom stereocenters. The van der Waals surface area contributed by atoms with E-state index in [2.05, 4.69) is 10.2 Å². The summed E-state index contributed by atoms with van der Waals surface area (Å²) in [7, 11) is 3.54. The zero-order valence-corrected chi connectivity index (χ0v) is 16.8. The van der Waals surface area contributed by atoms with Gasteiger partial charge in [-0.1, -0.05) is 18.2 Å². The molecule has 0 radical (unpaired) electrons. The molecule has 1 aliphatic rings. The van der Waals surface area contributed by atoms with Crippen LogP contribution in [0.1, 0.15) is 22.3 Å². The topological polar surface area (TPSA) is 61.9 Å². The summed E-state index contributed by atoms with van der Waals surface area (Å²) in [5, 5.41) is 2.79. The summed E-state index contributed by atoms with van der Waals surface area (Å²) < 4.78 is 19.0. The highest BCUT2D eigenvalue weighted by atomic mass is 19.1. The van der Waals surface area contributed by atoms with Gasteiger partial charge in [-0.3, -0.25) is 9.59 Å². The molecule has 1 aliphatic heterocycles. The van der Waals surface area contributed by atoms with Crippen molar-refractivity contribution in [3.63, 3.8) is 0 Å². The number of anilines is 1. The molecule has 6 nitrogen and oxygen atoms in total. The molecule has 1 heterocycles. The maximum Gasteiger partial charge on any atom is 0.254 e. The molecule has 2 aromatic rings. The Balaban J connectivity index is 1.67. The number of benzene rings is 2. The molecule has 0 saturated carbocycles. The average Bonchev–Trinajstić information content (AvgIpc) is 2.73. The number of ether oxygens (including phenoxy) is 1. The number of likely N-dealkylation sites (N-methyl/N-ethyl adjacent to an activating group) is 1. The number of methoxy groups -OCH3 is 1. The molecule has 0 bridgehead atoms. The zero-order valence-electron chi connectivity index (χ0n) is 16.8. The molecule has 3 rings (SSSR count). The Bertz CT molecular complexity index is 879. The third-order valence-electron chi connectivity index (χ3n) is 5.09. The maximum atomic E-state index is 13.7. The van der Waals surface area contributed by atoms with Gasteiger partial charge >= 0.3 is 0 Å². The lowest BCUT2D eigenvalue weighted by atomic mass is 10.1. The first-order chi connectivity index (χ1) is 14.0. The van der Waals surface area contributed by atoms with Gasteiger partial charge in [0.1, 0.15) is 11.6 Å². The van der Waals surface area contributed by atoms with Crippen LogP contribution in [0.5, 0.6) is 5.75 Å². The van der Waals surface area contributed by atoms with Crippen LogP contribution in [0.2, 0.25) is 0 Å². The molecule has 1 N–H and O–H groups in total. The Morgan fingerprint density at radius 1 is 1.10 bits per heavy atom. The lowest BCUT2D eigenvalue weighted by Crippen LogP contribution is -2.47. The fourth-order valence-corrected chi connectivity index (χ4v) is 3.29. The van der Waals surface area contributed by atoms with Crippen LogP contribution >= 0.6 is 0 Å². The van der Waals surface area contributed by atoms with Gasteiger partial charge in [0.05, 0.1) is 12.8 Å². The van der Waals surface area contributed by atoms with Crippen LogP contribution in [0.4, 0.5) is 10.1 Å². The number of aryl methyl sites for hydroxylation is 1. The molecule has 0 atom stereocenters. The number of nitrogens with zero attached hydrogens (tertiary/aromatic N) is 2. The molecule has 154 valence electrons. The molecule has 29 heavy (non-hydrogen) atoms. The Hall–Kier alpha value is -2.93. The van der Waals surface area contributed by atoms with Gasteiger partial charge in [-0.2, -0.15) is 0 Å². The van der Waals surface area contributed by atoms with Gasteiger partial charge in [-0.15, -0.1) is 0 Å². The Kier molecular flexibility index (Phi) is 6.82. The van der Waals surface area contributed by atoms with E-state index in [1.165, 1.54) is 13.2 Å². The molecular formula is C22H26FN3O3. The van der Waals surface area contributed by atoms with Crippen molar-refractivity contribution >= 4 is 17.5 Å². The van der Waals surface area contributed by atoms with Crippen molar-refractivity contribution in [3.05, 3.63) is 59.4 Å². The number of amides is 2. The van der Waals surface area contributed by atoms with Gasteiger partial charge in [0.2, 0.25) is 5.91 Å². The monoisotopic (exact) mass is 399 g/mol. The third-order valence-corrected chi connectivity index (χ3v) is 5.09. The first kappa shape index (κ1) is 20.8. The van der Waals surface area contributed by atoms with Crippen LogP contribution in [0.3, 0.4) is 0 Å². The molecule has 1 fully saturated rings. The van der Waals surface area contributed by atoms with E-state index in [9.17, 15) is 14.0 Å². The standard InChI is InChI=1S/C22H26FN3O3/c1-25-11-13-26(14-12-25)22(28)17-7-9-20(29-2)19(15-17)24-21(27)10-8-16-5-3-4-6-18(16)23/h3-7,9,15H,8,10-14H2,1-2H3,(H,24,27). The van der Waals surface area contributed by atoms with E-state index < -0.39 is 0 Å². The second-order valence-electron chi connectivity index (χ2n) is 7.15. The van der Waals surface area contributed by atoms with Crippen molar-refractivity contribution in [1.82, 2.24) is 9.80 Å². The third kappa shape index (κ3) is 5.32. The average molecular weight is 399 g/mol. The summed E-state index contributed by atoms with van der Waals surface area (Å²) in [5.41, 5.74) is 1.43. The molecule has 2 aromatic carbocycles. The number of carbonyl (C=O) groups is 2. The number of hydrogen-bond acceptors (Lipinski definition) is 4. The maximum absolute atomic E-state index is 13.7. The first-order valence-corrected chi connectivity index (χ1v) is 9.67. The van der Waals surface area contributed by atoms with Crippen molar-refractivity contribution in [2.24, 2.45) is 0 Å². The number of nitrogens with one attached hydrogen (secondary N) is 1. The van der Waals surface area contributed by atoms with Crippen LogP contribution in [-0.4, -0.2) is 62.0 Å². The summed E-state index contributed by atoms with van der Waals surface area (Å²) in [6, 6.07) is 11.4. The van der Waals surface area contributed by atoms with E-state index >= 15 is 0 Å². The Morgan fingerprint density at radius 2 is 1.83 bits per heavy atom. The molecule has 7 heteroatoms. The molecular weight excluding hydrogens is 373 g/mol. The number of halogens is 1. The molecule has 0 aromatic heterocycles.